The highest BCUT2D eigenvalue weighted by Gasteiger charge is 2.18. The van der Waals surface area contributed by atoms with E-state index in [1.165, 1.54) is 0 Å². The average molecular weight is 210 g/mol. The molecule has 0 aromatic heterocycles. The number of rotatable bonds is 0. The van der Waals surface area contributed by atoms with Gasteiger partial charge in [0.1, 0.15) is 0 Å². The fourth-order valence-corrected chi connectivity index (χ4v) is 2.20. The molecule has 78 valence electrons. The van der Waals surface area contributed by atoms with Crippen molar-refractivity contribution < 1.29 is 9.59 Å². The van der Waals surface area contributed by atoms with Gasteiger partial charge in [-0.2, -0.15) is 0 Å². The van der Waals surface area contributed by atoms with Gasteiger partial charge >= 0.3 is 0 Å². The van der Waals surface area contributed by atoms with Crippen molar-refractivity contribution in [2.24, 2.45) is 0 Å². The first kappa shape index (κ1) is 9.28. The Kier molecular flexibility index (Phi) is 1.90. The van der Waals surface area contributed by atoms with Crippen LogP contribution in [0, 0.1) is 0 Å². The highest BCUT2D eigenvalue weighted by Crippen LogP contribution is 2.26. The van der Waals surface area contributed by atoms with Crippen LogP contribution in [0.4, 0.5) is 0 Å². The number of hydrogen-bond donors (Lipinski definition) is 0. The Balaban J connectivity index is 2.21. The second-order valence-corrected chi connectivity index (χ2v) is 4.14. The Morgan fingerprint density at radius 1 is 0.938 bits per heavy atom. The minimum Gasteiger partial charge on any atom is -0.294 e. The maximum Gasteiger partial charge on any atom is 0.167 e. The van der Waals surface area contributed by atoms with Gasteiger partial charge in [0.15, 0.2) is 11.6 Å². The molecule has 0 heterocycles. The zero-order valence-electron chi connectivity index (χ0n) is 8.69. The summed E-state index contributed by atoms with van der Waals surface area (Å²) in [5, 5.41) is 0. The first-order chi connectivity index (χ1) is 7.74. The van der Waals surface area contributed by atoms with Crippen LogP contribution in [0.1, 0.15) is 33.5 Å². The Morgan fingerprint density at radius 3 is 2.69 bits per heavy atom. The van der Waals surface area contributed by atoms with Gasteiger partial charge in [0.2, 0.25) is 0 Å². The van der Waals surface area contributed by atoms with Crippen LogP contribution < -0.4 is 0 Å². The lowest BCUT2D eigenvalue weighted by Crippen LogP contribution is -2.10. The van der Waals surface area contributed by atoms with E-state index >= 15 is 0 Å². The molecule has 0 fully saturated rings. The van der Waals surface area contributed by atoms with E-state index in [1.807, 2.05) is 24.3 Å². The summed E-state index contributed by atoms with van der Waals surface area (Å²) < 4.78 is 0. The third-order valence-corrected chi connectivity index (χ3v) is 3.03. The lowest BCUT2D eigenvalue weighted by Gasteiger charge is -2.15. The Hall–Kier alpha value is -1.96. The first-order valence-electron chi connectivity index (χ1n) is 5.31. The van der Waals surface area contributed by atoms with E-state index in [4.69, 9.17) is 0 Å². The standard InChI is InChI=1S/C14H10O2/c15-12-5-4-9-8-13-10(6-11(9)7-12)2-1-3-14(13)16/h1-2,4-6,8H,3,7H2. The number of fused-ring (bicyclic) bond motifs is 2. The normalized spacial score (nSPS) is 17.2. The Bertz CT molecular complexity index is 562. The molecule has 0 amide bonds. The predicted octanol–water partition coefficient (Wildman–Crippen LogP) is 2.42. The molecule has 1 aromatic rings. The number of ketones is 2. The van der Waals surface area contributed by atoms with Gasteiger partial charge in [-0.3, -0.25) is 9.59 Å². The summed E-state index contributed by atoms with van der Waals surface area (Å²) in [4.78, 5) is 23.0. The van der Waals surface area contributed by atoms with Crippen LogP contribution in [0.3, 0.4) is 0 Å². The molecule has 16 heavy (non-hydrogen) atoms. The van der Waals surface area contributed by atoms with Gasteiger partial charge in [-0.1, -0.05) is 18.2 Å². The Labute approximate surface area is 93.3 Å². The summed E-state index contributed by atoms with van der Waals surface area (Å²) in [6.45, 7) is 0. The maximum atomic E-state index is 11.7. The van der Waals surface area contributed by atoms with E-state index in [9.17, 15) is 9.59 Å². The van der Waals surface area contributed by atoms with Crippen LogP contribution in [0.15, 0.2) is 24.3 Å². The number of carbonyl (C=O) groups is 2. The van der Waals surface area contributed by atoms with Crippen molar-refractivity contribution in [3.8, 4) is 0 Å². The van der Waals surface area contributed by atoms with Crippen LogP contribution in [-0.4, -0.2) is 11.6 Å². The molecule has 2 aliphatic carbocycles. The molecular weight excluding hydrogens is 200 g/mol. The molecule has 0 N–H and O–H groups in total. The zero-order valence-corrected chi connectivity index (χ0v) is 8.69. The van der Waals surface area contributed by atoms with Gasteiger partial charge in [-0.15, -0.1) is 0 Å². The number of allylic oxidation sites excluding steroid dienone is 2. The van der Waals surface area contributed by atoms with E-state index in [-0.39, 0.29) is 11.6 Å². The molecule has 3 rings (SSSR count). The van der Waals surface area contributed by atoms with E-state index in [0.29, 0.717) is 12.8 Å². The Morgan fingerprint density at radius 2 is 1.81 bits per heavy atom. The molecule has 2 heteroatoms. The lowest BCUT2D eigenvalue weighted by atomic mass is 9.88. The van der Waals surface area contributed by atoms with Gasteiger partial charge in [0.05, 0.1) is 0 Å². The second-order valence-electron chi connectivity index (χ2n) is 4.14. The quantitative estimate of drug-likeness (QED) is 0.659. The van der Waals surface area contributed by atoms with Crippen molar-refractivity contribution in [2.75, 3.05) is 0 Å². The highest BCUT2D eigenvalue weighted by molar-refractivity contribution is 6.05. The lowest BCUT2D eigenvalue weighted by molar-refractivity contribution is -0.114. The fraction of sp³-hybridized carbons (Fsp3) is 0.143. The summed E-state index contributed by atoms with van der Waals surface area (Å²) in [6, 6.07) is 3.86. The SMILES string of the molecule is O=C1C=Cc2cc3c(cc2C1)C=CCC3=O. The van der Waals surface area contributed by atoms with Crippen molar-refractivity contribution >= 4 is 23.7 Å². The van der Waals surface area contributed by atoms with Gasteiger partial charge in [0, 0.05) is 18.4 Å². The molecule has 0 unspecified atom stereocenters. The molecule has 0 bridgehead atoms. The molecule has 0 saturated heterocycles. The van der Waals surface area contributed by atoms with E-state index in [2.05, 4.69) is 0 Å². The molecule has 0 radical (unpaired) electrons. The molecule has 2 aliphatic rings. The monoisotopic (exact) mass is 210 g/mol. The number of Topliss-reactive ketones (excluding diaryl/α,β-unsaturated/α-hetero) is 1. The summed E-state index contributed by atoms with van der Waals surface area (Å²) in [5.74, 6) is 0.282. The first-order valence-corrected chi connectivity index (χ1v) is 5.31. The number of hydrogen-bond acceptors (Lipinski definition) is 2. The highest BCUT2D eigenvalue weighted by atomic mass is 16.1. The van der Waals surface area contributed by atoms with Gasteiger partial charge in [-0.05, 0) is 34.9 Å². The topological polar surface area (TPSA) is 34.1 Å². The summed E-state index contributed by atoms with van der Waals surface area (Å²) in [6.07, 6.45) is 8.14. The molecule has 0 spiro atoms. The fourth-order valence-electron chi connectivity index (χ4n) is 2.20. The van der Waals surface area contributed by atoms with Crippen LogP contribution in [0.5, 0.6) is 0 Å². The predicted molar refractivity (Wildman–Crippen MR) is 62.2 cm³/mol. The number of benzene rings is 1. The van der Waals surface area contributed by atoms with Crippen molar-refractivity contribution in [2.45, 2.75) is 12.8 Å². The number of carbonyl (C=O) groups excluding carboxylic acids is 2. The van der Waals surface area contributed by atoms with Crippen molar-refractivity contribution in [1.29, 1.82) is 0 Å². The van der Waals surface area contributed by atoms with Crippen LogP contribution in [0.25, 0.3) is 12.2 Å². The summed E-state index contributed by atoms with van der Waals surface area (Å²) in [7, 11) is 0. The van der Waals surface area contributed by atoms with Crippen LogP contribution in [-0.2, 0) is 11.2 Å². The molecular formula is C14H10O2. The molecule has 0 saturated carbocycles. The van der Waals surface area contributed by atoms with Crippen molar-refractivity contribution in [1.82, 2.24) is 0 Å². The minimum absolute atomic E-state index is 0.124. The molecule has 0 aliphatic heterocycles. The summed E-state index contributed by atoms with van der Waals surface area (Å²) in [5.41, 5.74) is 3.74. The van der Waals surface area contributed by atoms with E-state index < -0.39 is 0 Å². The van der Waals surface area contributed by atoms with Crippen molar-refractivity contribution in [3.05, 3.63) is 46.5 Å². The maximum absolute atomic E-state index is 11.7. The van der Waals surface area contributed by atoms with Crippen LogP contribution >= 0.6 is 0 Å². The van der Waals surface area contributed by atoms with E-state index in [1.54, 1.807) is 12.2 Å². The van der Waals surface area contributed by atoms with Gasteiger partial charge < -0.3 is 0 Å². The average Bonchev–Trinajstić information content (AvgIpc) is 2.27. The molecule has 1 aromatic carbocycles. The smallest absolute Gasteiger partial charge is 0.167 e. The van der Waals surface area contributed by atoms with E-state index in [0.717, 1.165) is 22.3 Å². The third-order valence-electron chi connectivity index (χ3n) is 3.03. The van der Waals surface area contributed by atoms with Crippen molar-refractivity contribution in [3.63, 3.8) is 0 Å². The summed E-state index contributed by atoms with van der Waals surface area (Å²) >= 11 is 0. The largest absolute Gasteiger partial charge is 0.294 e. The molecule has 2 nitrogen and oxygen atoms in total. The third kappa shape index (κ3) is 1.34. The minimum atomic E-state index is 0.124. The van der Waals surface area contributed by atoms with Crippen LogP contribution in [0.2, 0.25) is 0 Å². The zero-order chi connectivity index (χ0) is 11.1. The molecule has 0 atom stereocenters. The second kappa shape index (κ2) is 3.27. The van der Waals surface area contributed by atoms with Gasteiger partial charge in [-0.25, -0.2) is 0 Å². The van der Waals surface area contributed by atoms with Gasteiger partial charge in [0.25, 0.3) is 0 Å².